The average molecular weight is 511 g/mol. The van der Waals surface area contributed by atoms with Crippen LogP contribution in [0.4, 0.5) is 0 Å². The normalized spacial score (nSPS) is 27.8. The van der Waals surface area contributed by atoms with Crippen LogP contribution in [0.25, 0.3) is 11.3 Å². The second-order valence-corrected chi connectivity index (χ2v) is 10.9. The van der Waals surface area contributed by atoms with E-state index in [4.69, 9.17) is 9.47 Å². The number of piperidine rings is 1. The Labute approximate surface area is 217 Å². The van der Waals surface area contributed by atoms with Crippen molar-refractivity contribution in [2.75, 3.05) is 40.0 Å². The molecule has 2 aromatic rings. The summed E-state index contributed by atoms with van der Waals surface area (Å²) in [6.45, 7) is 2.61. The van der Waals surface area contributed by atoms with Crippen LogP contribution in [0.2, 0.25) is 0 Å². The SMILES string of the molecule is COc1ccc(-c2cc(C(=O)N3CC[C@H]4OCCC[C@@]4(CNC(=O)C4CCC(CO)CC4)C3)[nH]n2)cc1. The van der Waals surface area contributed by atoms with Gasteiger partial charge in [-0.05, 0) is 81.2 Å². The van der Waals surface area contributed by atoms with E-state index < -0.39 is 0 Å². The van der Waals surface area contributed by atoms with Gasteiger partial charge in [-0.2, -0.15) is 5.10 Å². The molecule has 0 bridgehead atoms. The molecule has 2 atom stereocenters. The van der Waals surface area contributed by atoms with Crippen molar-refractivity contribution >= 4 is 11.8 Å². The number of H-pyrrole nitrogens is 1. The van der Waals surface area contributed by atoms with Gasteiger partial charge in [-0.15, -0.1) is 0 Å². The largest absolute Gasteiger partial charge is 0.497 e. The summed E-state index contributed by atoms with van der Waals surface area (Å²) in [6.07, 6.45) is 6.07. The summed E-state index contributed by atoms with van der Waals surface area (Å²) in [6, 6.07) is 9.38. The van der Waals surface area contributed by atoms with Gasteiger partial charge >= 0.3 is 0 Å². The van der Waals surface area contributed by atoms with E-state index in [9.17, 15) is 14.7 Å². The number of aromatic nitrogens is 2. The highest BCUT2D eigenvalue weighted by molar-refractivity contribution is 5.93. The Morgan fingerprint density at radius 3 is 2.73 bits per heavy atom. The average Bonchev–Trinajstić information content (AvgIpc) is 3.46. The Balaban J connectivity index is 1.25. The minimum Gasteiger partial charge on any atom is -0.497 e. The monoisotopic (exact) mass is 510 g/mol. The Morgan fingerprint density at radius 2 is 2.00 bits per heavy atom. The number of hydrogen-bond acceptors (Lipinski definition) is 6. The topological polar surface area (TPSA) is 117 Å². The van der Waals surface area contributed by atoms with Crippen LogP contribution in [0.15, 0.2) is 30.3 Å². The van der Waals surface area contributed by atoms with Crippen LogP contribution in [-0.4, -0.2) is 78.1 Å². The van der Waals surface area contributed by atoms with E-state index in [1.54, 1.807) is 13.2 Å². The number of carbonyl (C=O) groups is 2. The Hall–Kier alpha value is -2.91. The number of ether oxygens (including phenoxy) is 2. The fourth-order valence-electron chi connectivity index (χ4n) is 6.25. The molecular weight excluding hydrogens is 472 g/mol. The summed E-state index contributed by atoms with van der Waals surface area (Å²) in [5.41, 5.74) is 1.78. The van der Waals surface area contributed by atoms with Gasteiger partial charge < -0.3 is 24.8 Å². The maximum absolute atomic E-state index is 13.5. The summed E-state index contributed by atoms with van der Waals surface area (Å²) in [5, 5.41) is 19.9. The van der Waals surface area contributed by atoms with Crippen molar-refractivity contribution in [3.05, 3.63) is 36.0 Å². The highest BCUT2D eigenvalue weighted by Gasteiger charge is 2.47. The molecule has 9 heteroatoms. The van der Waals surface area contributed by atoms with Crippen LogP contribution < -0.4 is 10.1 Å². The third-order valence-corrected chi connectivity index (χ3v) is 8.56. The highest BCUT2D eigenvalue weighted by atomic mass is 16.5. The van der Waals surface area contributed by atoms with E-state index >= 15 is 0 Å². The van der Waals surface area contributed by atoms with Crippen LogP contribution in [0.1, 0.15) is 55.4 Å². The lowest BCUT2D eigenvalue weighted by Crippen LogP contribution is -2.60. The number of hydrogen-bond donors (Lipinski definition) is 3. The first kappa shape index (κ1) is 25.7. The van der Waals surface area contributed by atoms with Crippen molar-refractivity contribution in [1.82, 2.24) is 20.4 Å². The lowest BCUT2D eigenvalue weighted by Gasteiger charge is -2.50. The van der Waals surface area contributed by atoms with Gasteiger partial charge in [0.1, 0.15) is 11.4 Å². The minimum absolute atomic E-state index is 0.00449. The fourth-order valence-corrected chi connectivity index (χ4v) is 6.25. The second-order valence-electron chi connectivity index (χ2n) is 10.9. The molecule has 0 radical (unpaired) electrons. The Kier molecular flexibility index (Phi) is 7.81. The predicted molar refractivity (Wildman–Crippen MR) is 138 cm³/mol. The number of benzene rings is 1. The zero-order valence-electron chi connectivity index (χ0n) is 21.6. The van der Waals surface area contributed by atoms with Gasteiger partial charge in [-0.1, -0.05) is 0 Å². The van der Waals surface area contributed by atoms with Crippen LogP contribution in [0.5, 0.6) is 5.75 Å². The zero-order valence-corrected chi connectivity index (χ0v) is 21.6. The third kappa shape index (κ3) is 5.52. The predicted octanol–water partition coefficient (Wildman–Crippen LogP) is 3.01. The fraction of sp³-hybridized carbons (Fsp3) is 0.607. The smallest absolute Gasteiger partial charge is 0.271 e. The van der Waals surface area contributed by atoms with Gasteiger partial charge in [-0.25, -0.2) is 0 Å². The van der Waals surface area contributed by atoms with Gasteiger partial charge in [0.25, 0.3) is 5.91 Å². The molecule has 3 N–H and O–H groups in total. The van der Waals surface area contributed by atoms with E-state index in [1.807, 2.05) is 29.2 Å². The number of amides is 2. The molecule has 200 valence electrons. The number of nitrogens with one attached hydrogen (secondary N) is 2. The van der Waals surface area contributed by atoms with E-state index in [0.717, 1.165) is 62.9 Å². The van der Waals surface area contributed by atoms with E-state index in [2.05, 4.69) is 15.5 Å². The first-order valence-electron chi connectivity index (χ1n) is 13.5. The molecule has 5 rings (SSSR count). The number of likely N-dealkylation sites (tertiary alicyclic amines) is 1. The number of rotatable bonds is 7. The van der Waals surface area contributed by atoms with Crippen LogP contribution >= 0.6 is 0 Å². The maximum atomic E-state index is 13.5. The van der Waals surface area contributed by atoms with Gasteiger partial charge in [0.05, 0.1) is 18.9 Å². The second kappa shape index (κ2) is 11.2. The highest BCUT2D eigenvalue weighted by Crippen LogP contribution is 2.40. The van der Waals surface area contributed by atoms with Crippen molar-refractivity contribution in [2.45, 2.75) is 51.0 Å². The van der Waals surface area contributed by atoms with Crippen molar-refractivity contribution in [2.24, 2.45) is 17.3 Å². The molecule has 1 saturated carbocycles. The molecule has 0 spiro atoms. The van der Waals surface area contributed by atoms with Gasteiger partial charge in [0, 0.05) is 49.7 Å². The van der Waals surface area contributed by atoms with Gasteiger partial charge in [0.15, 0.2) is 0 Å². The number of methoxy groups -OCH3 is 1. The molecule has 2 amide bonds. The molecule has 9 nitrogen and oxygen atoms in total. The molecule has 3 heterocycles. The molecule has 3 fully saturated rings. The van der Waals surface area contributed by atoms with Crippen molar-refractivity contribution < 1.29 is 24.2 Å². The number of carbonyl (C=O) groups excluding carboxylic acids is 2. The Bertz CT molecular complexity index is 1080. The van der Waals surface area contributed by atoms with Gasteiger partial charge in [0.2, 0.25) is 5.91 Å². The molecule has 1 aromatic heterocycles. The maximum Gasteiger partial charge on any atom is 0.271 e. The molecule has 37 heavy (non-hydrogen) atoms. The quantitative estimate of drug-likeness (QED) is 0.527. The van der Waals surface area contributed by atoms with Crippen molar-refractivity contribution in [3.8, 4) is 17.0 Å². The number of aliphatic hydroxyl groups excluding tert-OH is 1. The van der Waals surface area contributed by atoms with Crippen molar-refractivity contribution in [3.63, 3.8) is 0 Å². The van der Waals surface area contributed by atoms with E-state index in [0.29, 0.717) is 36.9 Å². The van der Waals surface area contributed by atoms with Gasteiger partial charge in [-0.3, -0.25) is 14.7 Å². The zero-order chi connectivity index (χ0) is 25.8. The first-order valence-corrected chi connectivity index (χ1v) is 13.5. The molecule has 2 saturated heterocycles. The Morgan fingerprint density at radius 1 is 1.22 bits per heavy atom. The lowest BCUT2D eigenvalue weighted by molar-refractivity contribution is -0.133. The number of aromatic amines is 1. The summed E-state index contributed by atoms with van der Waals surface area (Å²) < 4.78 is 11.4. The molecular formula is C28H38N4O5. The van der Waals surface area contributed by atoms with E-state index in [-0.39, 0.29) is 35.9 Å². The number of fused-ring (bicyclic) bond motifs is 1. The minimum atomic E-state index is -0.289. The molecule has 3 aliphatic rings. The summed E-state index contributed by atoms with van der Waals surface area (Å²) in [5.74, 6) is 1.11. The van der Waals surface area contributed by atoms with E-state index in [1.165, 1.54) is 0 Å². The molecule has 1 aromatic carbocycles. The summed E-state index contributed by atoms with van der Waals surface area (Å²) in [7, 11) is 1.63. The lowest BCUT2D eigenvalue weighted by atomic mass is 9.72. The summed E-state index contributed by atoms with van der Waals surface area (Å²) >= 11 is 0. The van der Waals surface area contributed by atoms with Crippen molar-refractivity contribution in [1.29, 1.82) is 0 Å². The van der Waals surface area contributed by atoms with Crippen LogP contribution in [0, 0.1) is 17.3 Å². The third-order valence-electron chi connectivity index (χ3n) is 8.56. The number of nitrogens with zero attached hydrogens (tertiary/aromatic N) is 2. The first-order chi connectivity index (χ1) is 18.0. The molecule has 2 aliphatic heterocycles. The van der Waals surface area contributed by atoms with Crippen LogP contribution in [-0.2, 0) is 9.53 Å². The summed E-state index contributed by atoms with van der Waals surface area (Å²) in [4.78, 5) is 28.4. The molecule has 0 unspecified atom stereocenters. The standard InChI is InChI=1S/C28H38N4O5/c1-36-22-9-7-20(8-10-22)23-15-24(31-30-23)27(35)32-13-11-25-28(18-32,12-2-14-37-25)17-29-26(34)21-5-3-19(16-33)4-6-21/h7-10,15,19,21,25,33H,2-6,11-14,16-18H2,1H3,(H,29,34)(H,30,31)/t19?,21?,25-,28-/m1/s1. The van der Waals surface area contributed by atoms with Crippen LogP contribution in [0.3, 0.4) is 0 Å². The number of aliphatic hydroxyl groups is 1. The molecule has 1 aliphatic carbocycles.